The molecular formula is C22H17N2S. The van der Waals surface area contributed by atoms with Crippen molar-refractivity contribution in [1.82, 2.24) is 4.98 Å². The maximum Gasteiger partial charge on any atom is 0.154 e. The zero-order valence-corrected chi connectivity index (χ0v) is 14.4. The van der Waals surface area contributed by atoms with E-state index in [-0.39, 0.29) is 0 Å². The molecular weight excluding hydrogens is 324 g/mol. The molecule has 0 spiro atoms. The van der Waals surface area contributed by atoms with Gasteiger partial charge in [0.15, 0.2) is 5.51 Å². The molecule has 0 unspecified atom stereocenters. The van der Waals surface area contributed by atoms with Crippen molar-refractivity contribution in [2.24, 2.45) is 0 Å². The van der Waals surface area contributed by atoms with E-state index in [9.17, 15) is 0 Å². The quantitative estimate of drug-likeness (QED) is 0.495. The summed E-state index contributed by atoms with van der Waals surface area (Å²) in [5, 5.41) is 5.68. The largest absolute Gasteiger partial charge is 0.352 e. The standard InChI is InChI=1S/C22H17N2S/c1-4-10-18(11-5-1)22(19-12-6-2-7-13-19,20-14-8-3-9-15-20)24-21-16-25-17-23-21/h1-16,24H. The molecule has 2 nitrogen and oxygen atoms in total. The number of aromatic nitrogens is 1. The average Bonchev–Trinajstić information content (AvgIpc) is 3.21. The van der Waals surface area contributed by atoms with E-state index < -0.39 is 5.54 Å². The second-order valence-electron chi connectivity index (χ2n) is 5.80. The minimum atomic E-state index is -0.522. The minimum absolute atomic E-state index is 0.522. The predicted molar refractivity (Wildman–Crippen MR) is 104 cm³/mol. The van der Waals surface area contributed by atoms with Crippen LogP contribution in [-0.4, -0.2) is 4.98 Å². The van der Waals surface area contributed by atoms with Gasteiger partial charge in [-0.2, -0.15) is 0 Å². The summed E-state index contributed by atoms with van der Waals surface area (Å²) in [4.78, 5) is 4.36. The predicted octanol–water partition coefficient (Wildman–Crippen LogP) is 5.35. The first-order chi connectivity index (χ1) is 12.4. The Morgan fingerprint density at radius 2 is 1.12 bits per heavy atom. The molecule has 1 aromatic heterocycles. The van der Waals surface area contributed by atoms with Gasteiger partial charge in [0.2, 0.25) is 0 Å². The molecule has 0 fully saturated rings. The van der Waals surface area contributed by atoms with Gasteiger partial charge in [0, 0.05) is 5.38 Å². The Balaban J connectivity index is 2.01. The fourth-order valence-corrected chi connectivity index (χ4v) is 3.64. The van der Waals surface area contributed by atoms with Crippen LogP contribution >= 0.6 is 11.3 Å². The lowest BCUT2D eigenvalue weighted by Crippen LogP contribution is -2.38. The van der Waals surface area contributed by atoms with Crippen molar-refractivity contribution in [3.63, 3.8) is 0 Å². The summed E-state index contributed by atoms with van der Waals surface area (Å²) in [5.74, 6) is 0.821. The highest BCUT2D eigenvalue weighted by molar-refractivity contribution is 7.07. The molecule has 4 rings (SSSR count). The Morgan fingerprint density at radius 3 is 1.48 bits per heavy atom. The van der Waals surface area contributed by atoms with E-state index in [1.165, 1.54) is 28.0 Å². The highest BCUT2D eigenvalue weighted by Crippen LogP contribution is 2.39. The van der Waals surface area contributed by atoms with Crippen molar-refractivity contribution in [2.45, 2.75) is 5.54 Å². The number of nitrogens with zero attached hydrogens (tertiary/aromatic N) is 1. The van der Waals surface area contributed by atoms with Crippen LogP contribution in [0.2, 0.25) is 0 Å². The molecule has 0 saturated heterocycles. The summed E-state index contributed by atoms with van der Waals surface area (Å²) < 4.78 is 0. The Hall–Kier alpha value is -2.91. The van der Waals surface area contributed by atoms with Crippen molar-refractivity contribution in [2.75, 3.05) is 5.32 Å². The molecule has 0 amide bonds. The van der Waals surface area contributed by atoms with E-state index in [1.54, 1.807) is 0 Å². The Kier molecular flexibility index (Phi) is 4.32. The zero-order chi connectivity index (χ0) is 17.0. The number of rotatable bonds is 5. The maximum absolute atomic E-state index is 4.36. The third-order valence-corrected chi connectivity index (χ3v) is 4.86. The van der Waals surface area contributed by atoms with Crippen LogP contribution in [0.15, 0.2) is 96.4 Å². The molecule has 25 heavy (non-hydrogen) atoms. The molecule has 3 aromatic carbocycles. The lowest BCUT2D eigenvalue weighted by atomic mass is 9.77. The molecule has 1 N–H and O–H groups in total. The van der Waals surface area contributed by atoms with Crippen molar-refractivity contribution in [1.29, 1.82) is 0 Å². The van der Waals surface area contributed by atoms with Gasteiger partial charge in [-0.1, -0.05) is 91.0 Å². The molecule has 1 radical (unpaired) electrons. The first-order valence-corrected chi connectivity index (χ1v) is 9.04. The molecule has 0 aliphatic heterocycles. The van der Waals surface area contributed by atoms with Crippen molar-refractivity contribution in [3.05, 3.63) is 119 Å². The van der Waals surface area contributed by atoms with Gasteiger partial charge >= 0.3 is 0 Å². The molecule has 1 heterocycles. The monoisotopic (exact) mass is 341 g/mol. The van der Waals surface area contributed by atoms with Crippen LogP contribution < -0.4 is 5.32 Å². The number of benzene rings is 3. The lowest BCUT2D eigenvalue weighted by Gasteiger charge is -2.37. The van der Waals surface area contributed by atoms with E-state index in [0.29, 0.717) is 0 Å². The van der Waals surface area contributed by atoms with Crippen molar-refractivity contribution < 1.29 is 0 Å². The number of thiazole rings is 1. The van der Waals surface area contributed by atoms with E-state index in [1.807, 2.05) is 23.6 Å². The lowest BCUT2D eigenvalue weighted by molar-refractivity contribution is 0.708. The molecule has 4 aromatic rings. The van der Waals surface area contributed by atoms with E-state index in [4.69, 9.17) is 0 Å². The van der Waals surface area contributed by atoms with Crippen molar-refractivity contribution >= 4 is 17.2 Å². The fraction of sp³-hybridized carbons (Fsp3) is 0.0455. The molecule has 0 saturated carbocycles. The number of anilines is 1. The highest BCUT2D eigenvalue weighted by Gasteiger charge is 2.36. The molecule has 0 bridgehead atoms. The number of hydrogen-bond donors (Lipinski definition) is 1. The van der Waals surface area contributed by atoms with Crippen LogP contribution in [-0.2, 0) is 5.54 Å². The third kappa shape index (κ3) is 2.94. The Bertz CT molecular complexity index is 808. The SMILES string of the molecule is [c]1nc(NC(c2ccccc2)(c2ccccc2)c2ccccc2)cs1. The fourth-order valence-electron chi connectivity index (χ4n) is 3.21. The van der Waals surface area contributed by atoms with Crippen LogP contribution in [0.3, 0.4) is 0 Å². The summed E-state index contributed by atoms with van der Waals surface area (Å²) in [6.07, 6.45) is 0. The van der Waals surface area contributed by atoms with Crippen LogP contribution in [0, 0.1) is 5.51 Å². The van der Waals surface area contributed by atoms with Gasteiger partial charge in [0.1, 0.15) is 11.4 Å². The first kappa shape index (κ1) is 15.6. The Morgan fingerprint density at radius 1 is 0.680 bits per heavy atom. The van der Waals surface area contributed by atoms with Gasteiger partial charge in [0.05, 0.1) is 0 Å². The molecule has 0 aliphatic carbocycles. The van der Waals surface area contributed by atoms with Crippen molar-refractivity contribution in [3.8, 4) is 0 Å². The smallest absolute Gasteiger partial charge is 0.154 e. The third-order valence-electron chi connectivity index (χ3n) is 4.33. The maximum atomic E-state index is 4.36. The summed E-state index contributed by atoms with van der Waals surface area (Å²) in [6, 6.07) is 31.5. The summed E-state index contributed by atoms with van der Waals surface area (Å²) >= 11 is 1.47. The van der Waals surface area contributed by atoms with E-state index in [0.717, 1.165) is 5.82 Å². The van der Waals surface area contributed by atoms with Gasteiger partial charge in [-0.25, -0.2) is 4.98 Å². The molecule has 3 heteroatoms. The zero-order valence-electron chi connectivity index (χ0n) is 13.6. The second kappa shape index (κ2) is 6.91. The van der Waals surface area contributed by atoms with Gasteiger partial charge in [-0.05, 0) is 16.7 Å². The van der Waals surface area contributed by atoms with Gasteiger partial charge < -0.3 is 5.32 Å². The van der Waals surface area contributed by atoms with Crippen LogP contribution in [0.4, 0.5) is 5.82 Å². The molecule has 0 aliphatic rings. The van der Waals surface area contributed by atoms with Crippen LogP contribution in [0.5, 0.6) is 0 Å². The molecule has 0 atom stereocenters. The average molecular weight is 341 g/mol. The van der Waals surface area contributed by atoms with E-state index in [2.05, 4.69) is 88.6 Å². The summed E-state index contributed by atoms with van der Waals surface area (Å²) in [6.45, 7) is 0. The number of nitrogens with one attached hydrogen (secondary N) is 1. The van der Waals surface area contributed by atoms with Crippen LogP contribution in [0.1, 0.15) is 16.7 Å². The highest BCUT2D eigenvalue weighted by atomic mass is 32.1. The Labute approximate surface area is 151 Å². The summed E-state index contributed by atoms with van der Waals surface area (Å²) in [5.41, 5.74) is 5.91. The summed E-state index contributed by atoms with van der Waals surface area (Å²) in [7, 11) is 0. The first-order valence-electron chi connectivity index (χ1n) is 8.16. The number of hydrogen-bond acceptors (Lipinski definition) is 3. The van der Waals surface area contributed by atoms with Gasteiger partial charge in [-0.3, -0.25) is 0 Å². The van der Waals surface area contributed by atoms with E-state index >= 15 is 0 Å². The molecule has 121 valence electrons. The minimum Gasteiger partial charge on any atom is -0.352 e. The normalized spacial score (nSPS) is 11.2. The van der Waals surface area contributed by atoms with Crippen LogP contribution in [0.25, 0.3) is 0 Å². The van der Waals surface area contributed by atoms with Gasteiger partial charge in [0.25, 0.3) is 0 Å². The van der Waals surface area contributed by atoms with Gasteiger partial charge in [-0.15, -0.1) is 11.3 Å². The second-order valence-corrected chi connectivity index (χ2v) is 6.45. The topological polar surface area (TPSA) is 24.9 Å².